The topological polar surface area (TPSA) is 91.0 Å². The second kappa shape index (κ2) is 10.7. The lowest BCUT2D eigenvalue weighted by Crippen LogP contribution is -2.45. The first-order chi connectivity index (χ1) is 16.8. The Labute approximate surface area is 199 Å². The van der Waals surface area contributed by atoms with Gasteiger partial charge in [-0.05, 0) is 55.3 Å². The number of aromatic nitrogens is 2. The Kier molecular flexibility index (Phi) is 7.45. The van der Waals surface area contributed by atoms with Crippen LogP contribution in [-0.4, -0.2) is 35.0 Å². The molecule has 0 aliphatic carbocycles. The molecule has 184 valence electrons. The fourth-order valence-electron chi connectivity index (χ4n) is 3.73. The van der Waals surface area contributed by atoms with Gasteiger partial charge in [-0.25, -0.2) is 9.37 Å². The number of hydrogen-bond donors (Lipinski definition) is 4. The second-order valence-corrected chi connectivity index (χ2v) is 8.16. The lowest BCUT2D eigenvalue weighted by molar-refractivity contribution is -0.137. The minimum absolute atomic E-state index is 0.0397. The number of nitrogens with zero attached hydrogens (tertiary/aromatic N) is 2. The second-order valence-electron chi connectivity index (χ2n) is 8.16. The molecule has 35 heavy (non-hydrogen) atoms. The van der Waals surface area contributed by atoms with Gasteiger partial charge in [0, 0.05) is 36.6 Å². The predicted octanol–water partition coefficient (Wildman–Crippen LogP) is 4.47. The maximum atomic E-state index is 13.5. The number of piperidine rings is 1. The molecule has 1 aliphatic rings. The van der Waals surface area contributed by atoms with Gasteiger partial charge in [0.25, 0.3) is 5.91 Å². The quantitative estimate of drug-likeness (QED) is 0.367. The molecule has 0 bridgehead atoms. The molecule has 0 spiro atoms. The third-order valence-electron chi connectivity index (χ3n) is 5.46. The molecule has 0 saturated carbocycles. The lowest BCUT2D eigenvalue weighted by atomic mass is 10.1. The van der Waals surface area contributed by atoms with E-state index in [0.717, 1.165) is 19.4 Å². The Bertz CT molecular complexity index is 1180. The summed E-state index contributed by atoms with van der Waals surface area (Å²) in [6.45, 7) is 1.56. The van der Waals surface area contributed by atoms with Crippen molar-refractivity contribution < 1.29 is 22.4 Å². The maximum Gasteiger partial charge on any atom is 0.421 e. The maximum absolute atomic E-state index is 13.5. The number of carbonyl (C=O) groups is 1. The fraction of sp³-hybridized carbons (Fsp3) is 0.292. The van der Waals surface area contributed by atoms with Gasteiger partial charge in [0.05, 0.1) is 0 Å². The molecule has 7 nitrogen and oxygen atoms in total. The SMILES string of the molecule is O=C(NC1CCCNC1)c1cccc(Nc2ncc(C(F)(F)F)c(NCc3cccc(F)c3)n2)c1. The largest absolute Gasteiger partial charge is 0.421 e. The summed E-state index contributed by atoms with van der Waals surface area (Å²) in [5.41, 5.74) is 0.249. The Morgan fingerprint density at radius 2 is 1.97 bits per heavy atom. The number of hydrogen-bond acceptors (Lipinski definition) is 6. The monoisotopic (exact) mass is 488 g/mol. The van der Waals surface area contributed by atoms with Crippen LogP contribution in [0.3, 0.4) is 0 Å². The molecule has 2 heterocycles. The van der Waals surface area contributed by atoms with Crippen LogP contribution >= 0.6 is 0 Å². The summed E-state index contributed by atoms with van der Waals surface area (Å²) >= 11 is 0. The summed E-state index contributed by atoms with van der Waals surface area (Å²) in [6, 6.07) is 12.1. The van der Waals surface area contributed by atoms with Crippen molar-refractivity contribution in [3.05, 3.63) is 77.2 Å². The molecule has 1 atom stereocenters. The van der Waals surface area contributed by atoms with Crippen LogP contribution in [0.2, 0.25) is 0 Å². The van der Waals surface area contributed by atoms with Gasteiger partial charge in [0.15, 0.2) is 0 Å². The average Bonchev–Trinajstić information content (AvgIpc) is 2.83. The number of anilines is 3. The van der Waals surface area contributed by atoms with E-state index in [9.17, 15) is 22.4 Å². The van der Waals surface area contributed by atoms with E-state index in [4.69, 9.17) is 0 Å². The van der Waals surface area contributed by atoms with E-state index in [-0.39, 0.29) is 24.4 Å². The molecule has 1 amide bonds. The van der Waals surface area contributed by atoms with Crippen molar-refractivity contribution in [2.45, 2.75) is 31.6 Å². The van der Waals surface area contributed by atoms with Gasteiger partial charge in [0.2, 0.25) is 5.95 Å². The molecule has 3 aromatic rings. The molecule has 1 aliphatic heterocycles. The Morgan fingerprint density at radius 1 is 1.14 bits per heavy atom. The number of nitrogens with one attached hydrogen (secondary N) is 4. The van der Waals surface area contributed by atoms with Crippen LogP contribution in [0.1, 0.15) is 34.3 Å². The van der Waals surface area contributed by atoms with Crippen LogP contribution in [0, 0.1) is 5.82 Å². The first-order valence-electron chi connectivity index (χ1n) is 11.1. The lowest BCUT2D eigenvalue weighted by Gasteiger charge is -2.23. The number of benzene rings is 2. The van der Waals surface area contributed by atoms with E-state index in [1.54, 1.807) is 30.3 Å². The normalized spacial score (nSPS) is 15.9. The van der Waals surface area contributed by atoms with Gasteiger partial charge >= 0.3 is 6.18 Å². The van der Waals surface area contributed by atoms with Crippen molar-refractivity contribution in [2.24, 2.45) is 0 Å². The van der Waals surface area contributed by atoms with Crippen molar-refractivity contribution in [1.82, 2.24) is 20.6 Å². The zero-order valence-electron chi connectivity index (χ0n) is 18.6. The number of halogens is 4. The first-order valence-corrected chi connectivity index (χ1v) is 11.1. The molecule has 1 aromatic heterocycles. The van der Waals surface area contributed by atoms with Crippen molar-refractivity contribution in [3.8, 4) is 0 Å². The molecule has 4 rings (SSSR count). The average molecular weight is 488 g/mol. The summed E-state index contributed by atoms with van der Waals surface area (Å²) in [7, 11) is 0. The minimum atomic E-state index is -4.69. The van der Waals surface area contributed by atoms with Gasteiger partial charge in [-0.15, -0.1) is 0 Å². The minimum Gasteiger partial charge on any atom is -0.365 e. The Hall–Kier alpha value is -3.73. The van der Waals surface area contributed by atoms with Crippen molar-refractivity contribution in [2.75, 3.05) is 23.7 Å². The summed E-state index contributed by atoms with van der Waals surface area (Å²) in [6.07, 6.45) is -2.14. The van der Waals surface area contributed by atoms with Gasteiger partial charge in [0.1, 0.15) is 17.2 Å². The first kappa shape index (κ1) is 24.4. The standard InChI is InChI=1S/C24H24F4N6O/c25-17-6-1-4-15(10-17)12-30-21-20(24(26,27)28)14-31-23(34-21)33-18-7-2-5-16(11-18)22(35)32-19-8-3-9-29-13-19/h1-2,4-7,10-11,14,19,29H,3,8-9,12-13H2,(H,32,35)(H2,30,31,33,34). The molecular formula is C24H24F4N6O. The molecule has 11 heteroatoms. The molecule has 4 N–H and O–H groups in total. The van der Waals surface area contributed by atoms with E-state index >= 15 is 0 Å². The Balaban J connectivity index is 1.50. The number of carbonyl (C=O) groups excluding carboxylic acids is 1. The zero-order valence-corrected chi connectivity index (χ0v) is 18.6. The molecule has 1 unspecified atom stereocenters. The highest BCUT2D eigenvalue weighted by Crippen LogP contribution is 2.34. The van der Waals surface area contributed by atoms with Crippen LogP contribution in [0.5, 0.6) is 0 Å². The summed E-state index contributed by atoms with van der Waals surface area (Å²) in [5, 5.41) is 11.7. The molecular weight excluding hydrogens is 464 g/mol. The molecule has 0 radical (unpaired) electrons. The third-order valence-corrected chi connectivity index (χ3v) is 5.46. The summed E-state index contributed by atoms with van der Waals surface area (Å²) < 4.78 is 53.9. The smallest absolute Gasteiger partial charge is 0.365 e. The van der Waals surface area contributed by atoms with Crippen LogP contribution < -0.4 is 21.3 Å². The highest BCUT2D eigenvalue weighted by molar-refractivity contribution is 5.95. The zero-order chi connectivity index (χ0) is 24.8. The van der Waals surface area contributed by atoms with Gasteiger partial charge in [-0.2, -0.15) is 18.2 Å². The summed E-state index contributed by atoms with van der Waals surface area (Å²) in [5.74, 6) is -1.27. The van der Waals surface area contributed by atoms with E-state index in [1.807, 2.05) is 0 Å². The Morgan fingerprint density at radius 3 is 2.71 bits per heavy atom. The van der Waals surface area contributed by atoms with Crippen molar-refractivity contribution in [3.63, 3.8) is 0 Å². The fourth-order valence-corrected chi connectivity index (χ4v) is 3.73. The highest BCUT2D eigenvalue weighted by atomic mass is 19.4. The van der Waals surface area contributed by atoms with Crippen molar-refractivity contribution >= 4 is 23.4 Å². The summed E-state index contributed by atoms with van der Waals surface area (Å²) in [4.78, 5) is 20.4. The highest BCUT2D eigenvalue weighted by Gasteiger charge is 2.35. The predicted molar refractivity (Wildman–Crippen MR) is 124 cm³/mol. The van der Waals surface area contributed by atoms with Crippen molar-refractivity contribution in [1.29, 1.82) is 0 Å². The van der Waals surface area contributed by atoms with Crippen LogP contribution in [-0.2, 0) is 12.7 Å². The van der Waals surface area contributed by atoms with E-state index < -0.39 is 23.4 Å². The van der Waals surface area contributed by atoms with E-state index in [0.29, 0.717) is 29.6 Å². The van der Waals surface area contributed by atoms with Gasteiger partial charge in [-0.3, -0.25) is 4.79 Å². The number of alkyl halides is 3. The van der Waals surface area contributed by atoms with E-state index in [2.05, 4.69) is 31.2 Å². The molecule has 2 aromatic carbocycles. The van der Waals surface area contributed by atoms with Crippen LogP contribution in [0.25, 0.3) is 0 Å². The van der Waals surface area contributed by atoms with E-state index in [1.165, 1.54) is 18.2 Å². The number of rotatable bonds is 7. The van der Waals surface area contributed by atoms with Gasteiger partial charge in [-0.1, -0.05) is 18.2 Å². The number of amides is 1. The van der Waals surface area contributed by atoms with Crippen LogP contribution in [0.15, 0.2) is 54.7 Å². The molecule has 1 saturated heterocycles. The van der Waals surface area contributed by atoms with Crippen LogP contribution in [0.4, 0.5) is 35.0 Å². The van der Waals surface area contributed by atoms with Gasteiger partial charge < -0.3 is 21.3 Å². The third kappa shape index (κ3) is 6.66. The molecule has 1 fully saturated rings.